The molecular weight excluding hydrogens is 438 g/mol. The van der Waals surface area contributed by atoms with E-state index in [2.05, 4.69) is 21.2 Å². The Morgan fingerprint density at radius 2 is 1.71 bits per heavy atom. The van der Waals surface area contributed by atoms with E-state index in [1.165, 1.54) is 0 Å². The summed E-state index contributed by atoms with van der Waals surface area (Å²) in [7, 11) is 0. The molecule has 140 valence electrons. The molecule has 0 spiro atoms. The summed E-state index contributed by atoms with van der Waals surface area (Å²) in [5, 5.41) is 3.63. The summed E-state index contributed by atoms with van der Waals surface area (Å²) >= 11 is 9.73. The van der Waals surface area contributed by atoms with Gasteiger partial charge < -0.3 is 9.88 Å². The van der Waals surface area contributed by atoms with Crippen molar-refractivity contribution in [3.05, 3.63) is 93.7 Å². The first-order chi connectivity index (χ1) is 13.6. The van der Waals surface area contributed by atoms with Gasteiger partial charge in [0.05, 0.1) is 11.0 Å². The van der Waals surface area contributed by atoms with Gasteiger partial charge in [0.1, 0.15) is 12.4 Å². The van der Waals surface area contributed by atoms with E-state index in [-0.39, 0.29) is 12.5 Å². The van der Waals surface area contributed by atoms with Crippen LogP contribution in [0.2, 0.25) is 5.02 Å². The number of benzene rings is 3. The minimum Gasteiger partial charge on any atom is -0.325 e. The molecule has 0 aliphatic rings. The molecule has 0 unspecified atom stereocenters. The molecular formula is C22H17BrClN3O. The van der Waals surface area contributed by atoms with Gasteiger partial charge in [-0.05, 0) is 48.0 Å². The topological polar surface area (TPSA) is 46.9 Å². The van der Waals surface area contributed by atoms with Crippen LogP contribution in [0.15, 0.2) is 77.3 Å². The Morgan fingerprint density at radius 1 is 1.00 bits per heavy atom. The molecule has 0 saturated heterocycles. The van der Waals surface area contributed by atoms with Gasteiger partial charge in [-0.3, -0.25) is 4.79 Å². The molecule has 0 bridgehead atoms. The van der Waals surface area contributed by atoms with Crippen molar-refractivity contribution < 1.29 is 4.79 Å². The molecule has 3 aromatic carbocycles. The van der Waals surface area contributed by atoms with Crippen LogP contribution in [0.1, 0.15) is 11.4 Å². The van der Waals surface area contributed by atoms with Crippen molar-refractivity contribution in [3.8, 4) is 0 Å². The van der Waals surface area contributed by atoms with Crippen LogP contribution in [0.4, 0.5) is 5.69 Å². The standard InChI is InChI=1S/C22H17BrClN3O/c23-16-9-11-17(12-10-16)25-22(28)14-27-20-8-4-3-7-19(20)26-21(27)13-15-5-1-2-6-18(15)24/h1-12H,13-14H2,(H,25,28). The van der Waals surface area contributed by atoms with Crippen molar-refractivity contribution in [2.45, 2.75) is 13.0 Å². The Hall–Kier alpha value is -2.63. The third kappa shape index (κ3) is 4.11. The molecule has 4 nitrogen and oxygen atoms in total. The highest BCUT2D eigenvalue weighted by Gasteiger charge is 2.15. The third-order valence-electron chi connectivity index (χ3n) is 4.47. The van der Waals surface area contributed by atoms with Crippen LogP contribution >= 0.6 is 27.5 Å². The number of nitrogens with one attached hydrogen (secondary N) is 1. The number of fused-ring (bicyclic) bond motifs is 1. The lowest BCUT2D eigenvalue weighted by Crippen LogP contribution is -2.20. The van der Waals surface area contributed by atoms with Crippen LogP contribution < -0.4 is 5.32 Å². The average Bonchev–Trinajstić information content (AvgIpc) is 3.03. The summed E-state index contributed by atoms with van der Waals surface area (Å²) in [5.41, 5.74) is 3.52. The Kier molecular flexibility index (Phi) is 5.46. The summed E-state index contributed by atoms with van der Waals surface area (Å²) in [6, 6.07) is 23.0. The number of halogens is 2. The number of nitrogens with zero attached hydrogens (tertiary/aromatic N) is 2. The smallest absolute Gasteiger partial charge is 0.244 e. The van der Waals surface area contributed by atoms with Gasteiger partial charge >= 0.3 is 0 Å². The van der Waals surface area contributed by atoms with Crippen LogP contribution in [-0.4, -0.2) is 15.5 Å². The second-order valence-electron chi connectivity index (χ2n) is 6.43. The maximum absolute atomic E-state index is 12.7. The second-order valence-corrected chi connectivity index (χ2v) is 7.75. The quantitative estimate of drug-likeness (QED) is 0.421. The van der Waals surface area contributed by atoms with E-state index in [1.807, 2.05) is 77.4 Å². The molecule has 0 aliphatic heterocycles. The maximum Gasteiger partial charge on any atom is 0.244 e. The Balaban J connectivity index is 1.64. The van der Waals surface area contributed by atoms with Crippen LogP contribution in [0.3, 0.4) is 0 Å². The molecule has 1 aromatic heterocycles. The monoisotopic (exact) mass is 453 g/mol. The predicted molar refractivity (Wildman–Crippen MR) is 117 cm³/mol. The second kappa shape index (κ2) is 8.17. The van der Waals surface area contributed by atoms with Crippen LogP contribution in [0.5, 0.6) is 0 Å². The van der Waals surface area contributed by atoms with Gasteiger partial charge in [-0.25, -0.2) is 4.98 Å². The van der Waals surface area contributed by atoms with E-state index in [0.717, 1.165) is 32.6 Å². The largest absolute Gasteiger partial charge is 0.325 e. The van der Waals surface area contributed by atoms with Crippen molar-refractivity contribution >= 4 is 50.2 Å². The van der Waals surface area contributed by atoms with E-state index in [0.29, 0.717) is 11.4 Å². The minimum absolute atomic E-state index is 0.106. The molecule has 1 amide bonds. The van der Waals surface area contributed by atoms with Crippen molar-refractivity contribution in [1.82, 2.24) is 9.55 Å². The number of aromatic nitrogens is 2. The first-order valence-electron chi connectivity index (χ1n) is 8.83. The zero-order chi connectivity index (χ0) is 19.5. The molecule has 0 saturated carbocycles. The fourth-order valence-electron chi connectivity index (χ4n) is 3.13. The summed E-state index contributed by atoms with van der Waals surface area (Å²) < 4.78 is 2.92. The molecule has 1 heterocycles. The molecule has 6 heteroatoms. The highest BCUT2D eigenvalue weighted by molar-refractivity contribution is 9.10. The SMILES string of the molecule is O=C(Cn1c(Cc2ccccc2Cl)nc2ccccc21)Nc1ccc(Br)cc1. The molecule has 0 radical (unpaired) electrons. The maximum atomic E-state index is 12.7. The fourth-order valence-corrected chi connectivity index (χ4v) is 3.59. The lowest BCUT2D eigenvalue weighted by molar-refractivity contribution is -0.116. The number of para-hydroxylation sites is 2. The summed E-state index contributed by atoms with van der Waals surface area (Å²) in [4.78, 5) is 17.4. The normalized spacial score (nSPS) is 10.9. The van der Waals surface area contributed by atoms with Gasteiger partial charge in [0.15, 0.2) is 0 Å². The van der Waals surface area contributed by atoms with Crippen molar-refractivity contribution in [1.29, 1.82) is 0 Å². The fraction of sp³-hybridized carbons (Fsp3) is 0.0909. The van der Waals surface area contributed by atoms with E-state index in [1.54, 1.807) is 0 Å². The zero-order valence-electron chi connectivity index (χ0n) is 14.9. The molecule has 0 atom stereocenters. The summed E-state index contributed by atoms with van der Waals surface area (Å²) in [6.45, 7) is 0.177. The molecule has 28 heavy (non-hydrogen) atoms. The van der Waals surface area contributed by atoms with Gasteiger partial charge in [-0.1, -0.05) is 57.9 Å². The van der Waals surface area contributed by atoms with Crippen LogP contribution in [0.25, 0.3) is 11.0 Å². The van der Waals surface area contributed by atoms with E-state index in [4.69, 9.17) is 16.6 Å². The number of rotatable bonds is 5. The Bertz CT molecular complexity index is 1140. The van der Waals surface area contributed by atoms with Gasteiger partial charge in [0.25, 0.3) is 0 Å². The van der Waals surface area contributed by atoms with E-state index >= 15 is 0 Å². The average molecular weight is 455 g/mol. The van der Waals surface area contributed by atoms with Crippen LogP contribution in [-0.2, 0) is 17.8 Å². The Labute approximate surface area is 176 Å². The first-order valence-corrected chi connectivity index (χ1v) is 10.0. The van der Waals surface area contributed by atoms with Crippen molar-refractivity contribution in [2.24, 2.45) is 0 Å². The summed E-state index contributed by atoms with van der Waals surface area (Å²) in [5.74, 6) is 0.700. The van der Waals surface area contributed by atoms with Crippen molar-refractivity contribution in [3.63, 3.8) is 0 Å². The third-order valence-corrected chi connectivity index (χ3v) is 5.37. The summed E-state index contributed by atoms with van der Waals surface area (Å²) in [6.07, 6.45) is 0.555. The first kappa shape index (κ1) is 18.7. The lowest BCUT2D eigenvalue weighted by Gasteiger charge is -2.11. The van der Waals surface area contributed by atoms with Gasteiger partial charge in [-0.15, -0.1) is 0 Å². The lowest BCUT2D eigenvalue weighted by atomic mass is 10.1. The van der Waals surface area contributed by atoms with Crippen LogP contribution in [0, 0.1) is 0 Å². The minimum atomic E-state index is -0.106. The van der Waals surface area contributed by atoms with Gasteiger partial charge in [-0.2, -0.15) is 0 Å². The molecule has 0 fully saturated rings. The molecule has 4 rings (SSSR count). The number of imidazole rings is 1. The number of amides is 1. The molecule has 4 aromatic rings. The number of carbonyl (C=O) groups is 1. The molecule has 0 aliphatic carbocycles. The highest BCUT2D eigenvalue weighted by atomic mass is 79.9. The zero-order valence-corrected chi connectivity index (χ0v) is 17.2. The van der Waals surface area contributed by atoms with Crippen molar-refractivity contribution in [2.75, 3.05) is 5.32 Å². The number of anilines is 1. The van der Waals surface area contributed by atoms with E-state index in [9.17, 15) is 4.79 Å². The van der Waals surface area contributed by atoms with E-state index < -0.39 is 0 Å². The predicted octanol–water partition coefficient (Wildman–Crippen LogP) is 5.68. The highest BCUT2D eigenvalue weighted by Crippen LogP contribution is 2.23. The number of hydrogen-bond donors (Lipinski definition) is 1. The number of hydrogen-bond acceptors (Lipinski definition) is 2. The number of carbonyl (C=O) groups excluding carboxylic acids is 1. The van der Waals surface area contributed by atoms with Gasteiger partial charge in [0.2, 0.25) is 5.91 Å². The Morgan fingerprint density at radius 3 is 2.50 bits per heavy atom. The van der Waals surface area contributed by atoms with Gasteiger partial charge in [0, 0.05) is 21.6 Å². The molecule has 1 N–H and O–H groups in total.